The number of nitrogens with one attached hydrogen (secondary N) is 1. The quantitative estimate of drug-likeness (QED) is 0.865. The van der Waals surface area contributed by atoms with Gasteiger partial charge in [0.1, 0.15) is 0 Å². The minimum atomic E-state index is 0.0889. The highest BCUT2D eigenvalue weighted by Crippen LogP contribution is 2.12. The van der Waals surface area contributed by atoms with E-state index >= 15 is 0 Å². The van der Waals surface area contributed by atoms with Crippen molar-refractivity contribution in [2.75, 3.05) is 0 Å². The van der Waals surface area contributed by atoms with E-state index in [2.05, 4.69) is 4.98 Å². The van der Waals surface area contributed by atoms with Gasteiger partial charge in [-0.25, -0.2) is 0 Å². The molecule has 2 aromatic rings. The monoisotopic (exact) mass is 247 g/mol. The van der Waals surface area contributed by atoms with Gasteiger partial charge in [-0.3, -0.25) is 4.79 Å². The van der Waals surface area contributed by atoms with Crippen LogP contribution < -0.4 is 5.43 Å². The largest absolute Gasteiger partial charge is 0.358 e. The number of halogens is 1. The van der Waals surface area contributed by atoms with E-state index in [0.717, 1.165) is 22.2 Å². The van der Waals surface area contributed by atoms with Crippen molar-refractivity contribution < 1.29 is 0 Å². The third-order valence-corrected chi connectivity index (χ3v) is 2.96. The van der Waals surface area contributed by atoms with Gasteiger partial charge in [0.25, 0.3) is 0 Å². The lowest BCUT2D eigenvalue weighted by Gasteiger charge is -2.06. The van der Waals surface area contributed by atoms with Crippen molar-refractivity contribution in [3.8, 4) is 0 Å². The van der Waals surface area contributed by atoms with Gasteiger partial charge >= 0.3 is 0 Å². The van der Waals surface area contributed by atoms with Crippen LogP contribution in [0.1, 0.15) is 18.2 Å². The van der Waals surface area contributed by atoms with Crippen molar-refractivity contribution in [2.45, 2.75) is 20.3 Å². The number of para-hydroxylation sites is 1. The molecule has 0 fully saturated rings. The Morgan fingerprint density at radius 2 is 2.12 bits per heavy atom. The summed E-state index contributed by atoms with van der Waals surface area (Å²) < 4.78 is 0. The molecule has 0 aliphatic carbocycles. The van der Waals surface area contributed by atoms with E-state index < -0.39 is 0 Å². The van der Waals surface area contributed by atoms with Crippen LogP contribution in [0.5, 0.6) is 0 Å². The maximum absolute atomic E-state index is 12.3. The summed E-state index contributed by atoms with van der Waals surface area (Å²) in [4.78, 5) is 15.5. The van der Waals surface area contributed by atoms with Gasteiger partial charge in [-0.2, -0.15) is 0 Å². The number of hydrogen-bond donors (Lipinski definition) is 1. The summed E-state index contributed by atoms with van der Waals surface area (Å²) >= 11 is 5.80. The van der Waals surface area contributed by atoms with Gasteiger partial charge in [-0.15, -0.1) is 0 Å². The van der Waals surface area contributed by atoms with Crippen LogP contribution in [-0.4, -0.2) is 4.98 Å². The Hall–Kier alpha value is -1.54. The summed E-state index contributed by atoms with van der Waals surface area (Å²) in [5.74, 6) is 0. The van der Waals surface area contributed by atoms with Gasteiger partial charge in [0.05, 0.1) is 0 Å². The number of aromatic nitrogens is 1. The first-order chi connectivity index (χ1) is 8.09. The van der Waals surface area contributed by atoms with Gasteiger partial charge < -0.3 is 4.98 Å². The molecule has 0 saturated carbocycles. The minimum absolute atomic E-state index is 0.0889. The average molecular weight is 248 g/mol. The first kappa shape index (κ1) is 11.9. The summed E-state index contributed by atoms with van der Waals surface area (Å²) in [6.45, 7) is 3.73. The zero-order valence-corrected chi connectivity index (χ0v) is 10.6. The van der Waals surface area contributed by atoms with Crippen molar-refractivity contribution >= 4 is 22.5 Å². The molecule has 88 valence electrons. The molecule has 2 nitrogen and oxygen atoms in total. The van der Waals surface area contributed by atoms with Crippen LogP contribution in [0, 0.1) is 6.92 Å². The third-order valence-electron chi connectivity index (χ3n) is 2.81. The van der Waals surface area contributed by atoms with E-state index in [1.807, 2.05) is 44.2 Å². The molecule has 0 atom stereocenters. The second kappa shape index (κ2) is 4.76. The lowest BCUT2D eigenvalue weighted by Crippen LogP contribution is -2.12. The molecule has 2 rings (SSSR count). The highest BCUT2D eigenvalue weighted by molar-refractivity contribution is 6.29. The molecule has 17 heavy (non-hydrogen) atoms. The van der Waals surface area contributed by atoms with E-state index in [1.165, 1.54) is 0 Å². The van der Waals surface area contributed by atoms with Gasteiger partial charge in [0.2, 0.25) is 0 Å². The Balaban J connectivity index is 2.64. The fourth-order valence-corrected chi connectivity index (χ4v) is 1.97. The Morgan fingerprint density at radius 3 is 2.82 bits per heavy atom. The smallest absolute Gasteiger partial charge is 0.193 e. The van der Waals surface area contributed by atoms with Crippen LogP contribution in [0.2, 0.25) is 0 Å². The Bertz CT molecular complexity index is 636. The van der Waals surface area contributed by atoms with E-state index in [4.69, 9.17) is 11.6 Å². The zero-order valence-electron chi connectivity index (χ0n) is 9.88. The highest BCUT2D eigenvalue weighted by Gasteiger charge is 2.07. The molecule has 1 aromatic carbocycles. The summed E-state index contributed by atoms with van der Waals surface area (Å²) in [5, 5.41) is 1.44. The van der Waals surface area contributed by atoms with Crippen LogP contribution in [0.4, 0.5) is 0 Å². The van der Waals surface area contributed by atoms with Crippen LogP contribution in [-0.2, 0) is 6.42 Å². The van der Waals surface area contributed by atoms with Gasteiger partial charge in [-0.1, -0.05) is 29.8 Å². The van der Waals surface area contributed by atoms with Crippen molar-refractivity contribution in [1.29, 1.82) is 0 Å². The summed E-state index contributed by atoms with van der Waals surface area (Å²) in [6, 6.07) is 7.55. The summed E-state index contributed by atoms with van der Waals surface area (Å²) in [5.41, 5.74) is 2.66. The molecule has 0 aliphatic heterocycles. The average Bonchev–Trinajstić information content (AvgIpc) is 2.28. The van der Waals surface area contributed by atoms with Crippen LogP contribution >= 0.6 is 11.6 Å². The Labute approximate surface area is 105 Å². The van der Waals surface area contributed by atoms with Crippen LogP contribution in [0.3, 0.4) is 0 Å². The van der Waals surface area contributed by atoms with Gasteiger partial charge in [0, 0.05) is 27.2 Å². The molecule has 0 saturated heterocycles. The van der Waals surface area contributed by atoms with Crippen molar-refractivity contribution in [3.05, 3.63) is 56.9 Å². The number of pyridine rings is 1. The topological polar surface area (TPSA) is 32.9 Å². The first-order valence-corrected chi connectivity index (χ1v) is 5.90. The molecule has 0 bridgehead atoms. The molecule has 0 amide bonds. The number of hydrogen-bond acceptors (Lipinski definition) is 1. The van der Waals surface area contributed by atoms with Gasteiger partial charge in [-0.05, 0) is 32.4 Å². The molecule has 1 N–H and O–H groups in total. The molecular formula is C14H14ClNO. The summed E-state index contributed by atoms with van der Waals surface area (Å²) in [6.07, 6.45) is 2.43. The van der Waals surface area contributed by atoms with E-state index in [0.29, 0.717) is 11.5 Å². The lowest BCUT2D eigenvalue weighted by atomic mass is 10.1. The minimum Gasteiger partial charge on any atom is -0.358 e. The SMILES string of the molecule is C/C(Cl)=C\Cc1c(C)[nH]c2ccccc2c1=O. The normalized spacial score (nSPS) is 12.1. The van der Waals surface area contributed by atoms with Gasteiger partial charge in [0.15, 0.2) is 5.43 Å². The molecule has 0 spiro atoms. The van der Waals surface area contributed by atoms with E-state index in [9.17, 15) is 4.79 Å². The lowest BCUT2D eigenvalue weighted by molar-refractivity contribution is 1.11. The summed E-state index contributed by atoms with van der Waals surface area (Å²) in [7, 11) is 0. The predicted octanol–water partition coefficient (Wildman–Crippen LogP) is 3.52. The maximum Gasteiger partial charge on any atom is 0.193 e. The molecular weight excluding hydrogens is 234 g/mol. The molecule has 1 aromatic heterocycles. The number of allylic oxidation sites excluding steroid dienone is 2. The second-order valence-electron chi connectivity index (χ2n) is 4.10. The Morgan fingerprint density at radius 1 is 1.41 bits per heavy atom. The predicted molar refractivity (Wildman–Crippen MR) is 72.6 cm³/mol. The molecule has 1 heterocycles. The van der Waals surface area contributed by atoms with E-state index in [1.54, 1.807) is 0 Å². The standard InChI is InChI=1S/C14H14ClNO/c1-9(15)7-8-11-10(2)16-13-6-4-3-5-12(13)14(11)17/h3-7H,8H2,1-2H3,(H,16,17)/b9-7+. The molecule has 0 aliphatic rings. The first-order valence-electron chi connectivity index (χ1n) is 5.52. The number of aromatic amines is 1. The molecule has 0 unspecified atom stereocenters. The number of benzene rings is 1. The molecule has 3 heteroatoms. The van der Waals surface area contributed by atoms with Crippen molar-refractivity contribution in [3.63, 3.8) is 0 Å². The fourth-order valence-electron chi connectivity index (χ4n) is 1.89. The third kappa shape index (κ3) is 2.42. The Kier molecular flexibility index (Phi) is 3.34. The van der Waals surface area contributed by atoms with Crippen molar-refractivity contribution in [2.24, 2.45) is 0 Å². The highest BCUT2D eigenvalue weighted by atomic mass is 35.5. The van der Waals surface area contributed by atoms with Crippen LogP contribution in [0.25, 0.3) is 10.9 Å². The maximum atomic E-state index is 12.3. The van der Waals surface area contributed by atoms with Crippen LogP contribution in [0.15, 0.2) is 40.2 Å². The number of aryl methyl sites for hydroxylation is 1. The number of H-pyrrole nitrogens is 1. The van der Waals surface area contributed by atoms with Crippen molar-refractivity contribution in [1.82, 2.24) is 4.98 Å². The zero-order chi connectivity index (χ0) is 12.4. The second-order valence-corrected chi connectivity index (χ2v) is 4.69. The van der Waals surface area contributed by atoms with E-state index in [-0.39, 0.29) is 5.43 Å². The molecule has 0 radical (unpaired) electrons. The number of fused-ring (bicyclic) bond motifs is 1. The fraction of sp³-hybridized carbons (Fsp3) is 0.214. The number of rotatable bonds is 2.